The molecule has 3 rings (SSSR count). The summed E-state index contributed by atoms with van der Waals surface area (Å²) in [5, 5.41) is 4.78. The first-order valence-electron chi connectivity index (χ1n) is 6.70. The number of fused-ring (bicyclic) bond motifs is 1. The molecule has 0 aliphatic carbocycles. The molecule has 1 aromatic carbocycles. The van der Waals surface area contributed by atoms with Crippen LogP contribution in [-0.2, 0) is 0 Å². The number of aromatic nitrogens is 1. The van der Waals surface area contributed by atoms with Gasteiger partial charge in [0.15, 0.2) is 0 Å². The molecule has 18 heavy (non-hydrogen) atoms. The lowest BCUT2D eigenvalue weighted by Crippen LogP contribution is -2.50. The van der Waals surface area contributed by atoms with Gasteiger partial charge in [0, 0.05) is 42.9 Å². The average molecular weight is 241 g/mol. The number of benzene rings is 1. The Balaban J connectivity index is 1.89. The first-order valence-corrected chi connectivity index (χ1v) is 6.70. The van der Waals surface area contributed by atoms with Gasteiger partial charge >= 0.3 is 0 Å². The predicted octanol–water partition coefficient (Wildman–Crippen LogP) is 2.42. The minimum atomic E-state index is 0.614. The van der Waals surface area contributed by atoms with E-state index in [1.807, 2.05) is 12.3 Å². The molecule has 2 aromatic rings. The van der Waals surface area contributed by atoms with Crippen molar-refractivity contribution < 1.29 is 0 Å². The molecular formula is C15H19N3. The summed E-state index contributed by atoms with van der Waals surface area (Å²) < 4.78 is 0. The van der Waals surface area contributed by atoms with Crippen LogP contribution in [0.1, 0.15) is 13.3 Å². The van der Waals surface area contributed by atoms with Crippen molar-refractivity contribution in [1.29, 1.82) is 0 Å². The minimum absolute atomic E-state index is 0.614. The first-order chi connectivity index (χ1) is 8.86. The zero-order chi connectivity index (χ0) is 12.4. The summed E-state index contributed by atoms with van der Waals surface area (Å²) >= 11 is 0. The van der Waals surface area contributed by atoms with Gasteiger partial charge in [-0.2, -0.15) is 0 Å². The van der Waals surface area contributed by atoms with Gasteiger partial charge in [-0.3, -0.25) is 4.98 Å². The maximum absolute atomic E-state index is 4.37. The van der Waals surface area contributed by atoms with Crippen LogP contribution in [0, 0.1) is 0 Å². The van der Waals surface area contributed by atoms with E-state index in [9.17, 15) is 0 Å². The van der Waals surface area contributed by atoms with Crippen molar-refractivity contribution in [2.75, 3.05) is 24.5 Å². The molecule has 1 atom stereocenters. The van der Waals surface area contributed by atoms with E-state index >= 15 is 0 Å². The molecule has 94 valence electrons. The van der Waals surface area contributed by atoms with Gasteiger partial charge in [-0.1, -0.05) is 13.0 Å². The predicted molar refractivity (Wildman–Crippen MR) is 76.0 cm³/mol. The van der Waals surface area contributed by atoms with Crippen molar-refractivity contribution >= 4 is 16.6 Å². The van der Waals surface area contributed by atoms with Crippen LogP contribution in [0.25, 0.3) is 10.9 Å². The van der Waals surface area contributed by atoms with Gasteiger partial charge in [0.1, 0.15) is 0 Å². The van der Waals surface area contributed by atoms with E-state index in [2.05, 4.69) is 46.4 Å². The summed E-state index contributed by atoms with van der Waals surface area (Å²) in [5.74, 6) is 0. The lowest BCUT2D eigenvalue weighted by atomic mass is 10.1. The molecule has 1 aliphatic rings. The van der Waals surface area contributed by atoms with Crippen LogP contribution < -0.4 is 10.2 Å². The second kappa shape index (κ2) is 4.94. The summed E-state index contributed by atoms with van der Waals surface area (Å²) in [4.78, 5) is 6.84. The molecule has 1 unspecified atom stereocenters. The van der Waals surface area contributed by atoms with Crippen molar-refractivity contribution in [3.05, 3.63) is 36.5 Å². The number of hydrogen-bond donors (Lipinski definition) is 1. The Labute approximate surface area is 108 Å². The Morgan fingerprint density at radius 1 is 1.39 bits per heavy atom. The maximum atomic E-state index is 4.37. The summed E-state index contributed by atoms with van der Waals surface area (Å²) in [7, 11) is 0. The number of anilines is 1. The van der Waals surface area contributed by atoms with E-state index in [0.29, 0.717) is 6.04 Å². The van der Waals surface area contributed by atoms with Gasteiger partial charge in [-0.25, -0.2) is 0 Å². The fraction of sp³-hybridized carbons (Fsp3) is 0.400. The first kappa shape index (κ1) is 11.5. The van der Waals surface area contributed by atoms with E-state index in [-0.39, 0.29) is 0 Å². The smallest absolute Gasteiger partial charge is 0.0703 e. The van der Waals surface area contributed by atoms with Crippen LogP contribution in [0.4, 0.5) is 5.69 Å². The van der Waals surface area contributed by atoms with Crippen molar-refractivity contribution in [3.8, 4) is 0 Å². The van der Waals surface area contributed by atoms with Gasteiger partial charge < -0.3 is 10.2 Å². The van der Waals surface area contributed by atoms with Crippen molar-refractivity contribution in [2.45, 2.75) is 19.4 Å². The molecule has 0 radical (unpaired) electrons. The molecule has 1 N–H and O–H groups in total. The maximum Gasteiger partial charge on any atom is 0.0703 e. The SMILES string of the molecule is CCC1CN(c2ccc3ncccc3c2)CCN1. The largest absolute Gasteiger partial charge is 0.369 e. The highest BCUT2D eigenvalue weighted by Crippen LogP contribution is 2.22. The molecule has 1 fully saturated rings. The Bertz CT molecular complexity index is 538. The van der Waals surface area contributed by atoms with E-state index in [1.54, 1.807) is 0 Å². The highest BCUT2D eigenvalue weighted by Gasteiger charge is 2.17. The summed E-state index contributed by atoms with van der Waals surface area (Å²) in [5.41, 5.74) is 2.39. The third kappa shape index (κ3) is 2.18. The van der Waals surface area contributed by atoms with Crippen LogP contribution in [0.3, 0.4) is 0 Å². The molecule has 0 amide bonds. The number of rotatable bonds is 2. The quantitative estimate of drug-likeness (QED) is 0.875. The second-order valence-corrected chi connectivity index (χ2v) is 4.89. The topological polar surface area (TPSA) is 28.2 Å². The summed E-state index contributed by atoms with van der Waals surface area (Å²) in [6.45, 7) is 5.50. The van der Waals surface area contributed by atoms with Crippen molar-refractivity contribution in [1.82, 2.24) is 10.3 Å². The third-order valence-corrected chi connectivity index (χ3v) is 3.70. The van der Waals surface area contributed by atoms with E-state index in [1.165, 1.54) is 17.5 Å². The minimum Gasteiger partial charge on any atom is -0.369 e. The lowest BCUT2D eigenvalue weighted by molar-refractivity contribution is 0.447. The van der Waals surface area contributed by atoms with Gasteiger partial charge in [0.25, 0.3) is 0 Å². The monoisotopic (exact) mass is 241 g/mol. The third-order valence-electron chi connectivity index (χ3n) is 3.70. The zero-order valence-corrected chi connectivity index (χ0v) is 10.8. The Morgan fingerprint density at radius 2 is 2.33 bits per heavy atom. The van der Waals surface area contributed by atoms with Crippen LogP contribution >= 0.6 is 0 Å². The summed E-state index contributed by atoms with van der Waals surface area (Å²) in [6.07, 6.45) is 3.03. The normalized spacial score (nSPS) is 20.3. The molecular weight excluding hydrogens is 222 g/mol. The van der Waals surface area contributed by atoms with E-state index < -0.39 is 0 Å². The number of nitrogens with one attached hydrogen (secondary N) is 1. The molecule has 2 heterocycles. The fourth-order valence-corrected chi connectivity index (χ4v) is 2.59. The molecule has 3 heteroatoms. The molecule has 1 aromatic heterocycles. The highest BCUT2D eigenvalue weighted by molar-refractivity contribution is 5.82. The Hall–Kier alpha value is -1.61. The van der Waals surface area contributed by atoms with E-state index in [4.69, 9.17) is 0 Å². The van der Waals surface area contributed by atoms with Crippen LogP contribution in [0.2, 0.25) is 0 Å². The van der Waals surface area contributed by atoms with Crippen LogP contribution in [-0.4, -0.2) is 30.7 Å². The molecule has 0 spiro atoms. The van der Waals surface area contributed by atoms with Gasteiger partial charge in [0.05, 0.1) is 5.52 Å². The van der Waals surface area contributed by atoms with Crippen LogP contribution in [0.5, 0.6) is 0 Å². The Kier molecular flexibility index (Phi) is 3.15. The molecule has 0 bridgehead atoms. The van der Waals surface area contributed by atoms with Crippen LogP contribution in [0.15, 0.2) is 36.5 Å². The molecule has 3 nitrogen and oxygen atoms in total. The van der Waals surface area contributed by atoms with Gasteiger partial charge in [-0.05, 0) is 30.7 Å². The second-order valence-electron chi connectivity index (χ2n) is 4.89. The zero-order valence-electron chi connectivity index (χ0n) is 10.8. The van der Waals surface area contributed by atoms with Gasteiger partial charge in [-0.15, -0.1) is 0 Å². The number of hydrogen-bond acceptors (Lipinski definition) is 3. The fourth-order valence-electron chi connectivity index (χ4n) is 2.59. The number of piperazine rings is 1. The average Bonchev–Trinajstić information content (AvgIpc) is 2.47. The molecule has 1 saturated heterocycles. The molecule has 1 aliphatic heterocycles. The lowest BCUT2D eigenvalue weighted by Gasteiger charge is -2.35. The van der Waals surface area contributed by atoms with E-state index in [0.717, 1.165) is 25.2 Å². The summed E-state index contributed by atoms with van der Waals surface area (Å²) in [6, 6.07) is 11.3. The highest BCUT2D eigenvalue weighted by atomic mass is 15.2. The Morgan fingerprint density at radius 3 is 3.22 bits per heavy atom. The number of nitrogens with zero attached hydrogens (tertiary/aromatic N) is 2. The van der Waals surface area contributed by atoms with Crippen molar-refractivity contribution in [3.63, 3.8) is 0 Å². The van der Waals surface area contributed by atoms with Gasteiger partial charge in [0.2, 0.25) is 0 Å². The molecule has 0 saturated carbocycles. The number of pyridine rings is 1. The standard InChI is InChI=1S/C15H19N3/c1-2-13-11-18(9-8-16-13)14-5-6-15-12(10-14)4-3-7-17-15/h3-7,10,13,16H,2,8-9,11H2,1H3. The van der Waals surface area contributed by atoms with Crippen molar-refractivity contribution in [2.24, 2.45) is 0 Å².